The fraction of sp³-hybridized carbons (Fsp3) is 0.967. The average molecular weight is 470 g/mol. The summed E-state index contributed by atoms with van der Waals surface area (Å²) in [7, 11) is 0. The summed E-state index contributed by atoms with van der Waals surface area (Å²) in [6, 6.07) is 0. The van der Waals surface area contributed by atoms with Crippen molar-refractivity contribution in [3.05, 3.63) is 0 Å². The third-order valence-corrected chi connectivity index (χ3v) is 6.75. The smallest absolute Gasteiger partial charge is 0.305 e. The van der Waals surface area contributed by atoms with E-state index in [0.717, 1.165) is 12.8 Å². The molecule has 0 atom stereocenters. The van der Waals surface area contributed by atoms with Crippen LogP contribution in [0.15, 0.2) is 0 Å². The Bertz CT molecular complexity index is 359. The lowest BCUT2D eigenvalue weighted by molar-refractivity contribution is -0.143. The van der Waals surface area contributed by atoms with Gasteiger partial charge in [-0.3, -0.25) is 4.79 Å². The molecule has 200 valence electrons. The van der Waals surface area contributed by atoms with Crippen LogP contribution in [0.4, 0.5) is 0 Å². The van der Waals surface area contributed by atoms with E-state index in [2.05, 4.69) is 13.8 Å². The predicted molar refractivity (Wildman–Crippen MR) is 147 cm³/mol. The predicted octanol–water partition coefficient (Wildman–Crippen LogP) is 10.9. The van der Waals surface area contributed by atoms with Crippen LogP contribution >= 0.6 is 0 Å². The van der Waals surface area contributed by atoms with Gasteiger partial charge in [-0.25, -0.2) is 0 Å². The second-order valence-electron chi connectivity index (χ2n) is 10.1. The SMILES string of the molecule is CCCCCCCCCCCCCCCCCCOC(=O)CCCCCCCCCCC.N. The van der Waals surface area contributed by atoms with Gasteiger partial charge in [-0.05, 0) is 12.8 Å². The minimum absolute atomic E-state index is 0. The van der Waals surface area contributed by atoms with Crippen molar-refractivity contribution in [3.63, 3.8) is 0 Å². The van der Waals surface area contributed by atoms with E-state index in [1.807, 2.05) is 0 Å². The van der Waals surface area contributed by atoms with Gasteiger partial charge in [0.2, 0.25) is 0 Å². The molecule has 0 aliphatic carbocycles. The van der Waals surface area contributed by atoms with Crippen molar-refractivity contribution < 1.29 is 9.53 Å². The van der Waals surface area contributed by atoms with Gasteiger partial charge in [0.1, 0.15) is 0 Å². The molecule has 0 heterocycles. The van der Waals surface area contributed by atoms with Gasteiger partial charge in [-0.15, -0.1) is 0 Å². The number of unbranched alkanes of at least 4 members (excludes halogenated alkanes) is 23. The Kier molecular flexibility index (Phi) is 33.0. The molecule has 0 aliphatic rings. The third-order valence-electron chi connectivity index (χ3n) is 6.75. The maximum absolute atomic E-state index is 11.8. The third kappa shape index (κ3) is 31.4. The Morgan fingerprint density at radius 1 is 0.424 bits per heavy atom. The van der Waals surface area contributed by atoms with Crippen LogP contribution in [0.2, 0.25) is 0 Å². The largest absolute Gasteiger partial charge is 0.466 e. The lowest BCUT2D eigenvalue weighted by Gasteiger charge is -2.06. The van der Waals surface area contributed by atoms with E-state index in [-0.39, 0.29) is 12.1 Å². The molecule has 0 saturated carbocycles. The highest BCUT2D eigenvalue weighted by Crippen LogP contribution is 2.14. The summed E-state index contributed by atoms with van der Waals surface area (Å²) in [5.41, 5.74) is 0. The molecule has 0 fully saturated rings. The lowest BCUT2D eigenvalue weighted by Crippen LogP contribution is -2.05. The molecule has 33 heavy (non-hydrogen) atoms. The molecule has 0 aliphatic heterocycles. The highest BCUT2D eigenvalue weighted by Gasteiger charge is 2.02. The van der Waals surface area contributed by atoms with Crippen LogP contribution in [0.3, 0.4) is 0 Å². The first-order valence-electron chi connectivity index (χ1n) is 15.0. The summed E-state index contributed by atoms with van der Waals surface area (Å²) in [5.74, 6) is 0.0221. The van der Waals surface area contributed by atoms with E-state index in [1.165, 1.54) is 148 Å². The topological polar surface area (TPSA) is 61.3 Å². The van der Waals surface area contributed by atoms with E-state index >= 15 is 0 Å². The molecular formula is C30H63NO2. The zero-order chi connectivity index (χ0) is 23.4. The minimum Gasteiger partial charge on any atom is -0.466 e. The normalized spacial score (nSPS) is 10.8. The van der Waals surface area contributed by atoms with Crippen molar-refractivity contribution in [1.29, 1.82) is 0 Å². The molecule has 0 aromatic heterocycles. The molecule has 0 aromatic carbocycles. The van der Waals surface area contributed by atoms with Crippen LogP contribution in [-0.4, -0.2) is 12.6 Å². The molecule has 0 rings (SSSR count). The van der Waals surface area contributed by atoms with E-state index < -0.39 is 0 Å². The Hall–Kier alpha value is -0.570. The molecule has 0 amide bonds. The van der Waals surface area contributed by atoms with Crippen molar-refractivity contribution in [3.8, 4) is 0 Å². The molecule has 3 heteroatoms. The second kappa shape index (κ2) is 31.4. The van der Waals surface area contributed by atoms with E-state index in [4.69, 9.17) is 4.74 Å². The number of carbonyl (C=O) groups excluding carboxylic acids is 1. The van der Waals surface area contributed by atoms with Gasteiger partial charge in [0.15, 0.2) is 0 Å². The van der Waals surface area contributed by atoms with Crippen molar-refractivity contribution in [2.45, 2.75) is 181 Å². The quantitative estimate of drug-likeness (QED) is 0.0960. The first-order chi connectivity index (χ1) is 15.8. The number of hydrogen-bond acceptors (Lipinski definition) is 3. The number of carbonyl (C=O) groups is 1. The van der Waals surface area contributed by atoms with Crippen LogP contribution in [0.1, 0.15) is 181 Å². The first kappa shape index (κ1) is 34.6. The van der Waals surface area contributed by atoms with E-state index in [0.29, 0.717) is 13.0 Å². The van der Waals surface area contributed by atoms with Crippen molar-refractivity contribution in [1.82, 2.24) is 6.15 Å². The van der Waals surface area contributed by atoms with Gasteiger partial charge in [0.25, 0.3) is 0 Å². The molecule has 0 unspecified atom stereocenters. The van der Waals surface area contributed by atoms with Crippen LogP contribution in [0, 0.1) is 0 Å². The van der Waals surface area contributed by atoms with Crippen molar-refractivity contribution in [2.24, 2.45) is 0 Å². The summed E-state index contributed by atoms with van der Waals surface area (Å²) >= 11 is 0. The maximum Gasteiger partial charge on any atom is 0.305 e. The highest BCUT2D eigenvalue weighted by molar-refractivity contribution is 5.69. The van der Waals surface area contributed by atoms with E-state index in [1.54, 1.807) is 0 Å². The Morgan fingerprint density at radius 2 is 0.697 bits per heavy atom. The van der Waals surface area contributed by atoms with Crippen LogP contribution in [0.5, 0.6) is 0 Å². The standard InChI is InChI=1S/C30H60O2.H3N/c1-3-5-7-9-11-13-14-15-16-17-18-19-21-23-25-27-29-32-30(31)28-26-24-22-20-12-10-8-6-4-2;/h3-29H2,1-2H3;1H3. The monoisotopic (exact) mass is 469 g/mol. The van der Waals surface area contributed by atoms with Gasteiger partial charge < -0.3 is 10.9 Å². The Labute approximate surface area is 209 Å². The lowest BCUT2D eigenvalue weighted by atomic mass is 10.0. The fourth-order valence-electron chi connectivity index (χ4n) is 4.49. The van der Waals surface area contributed by atoms with Gasteiger partial charge in [0.05, 0.1) is 6.61 Å². The van der Waals surface area contributed by atoms with Gasteiger partial charge in [0, 0.05) is 6.42 Å². The van der Waals surface area contributed by atoms with Gasteiger partial charge in [-0.1, -0.05) is 162 Å². The van der Waals surface area contributed by atoms with E-state index in [9.17, 15) is 4.79 Å². The molecule has 0 bridgehead atoms. The first-order valence-corrected chi connectivity index (χ1v) is 15.0. The van der Waals surface area contributed by atoms with Crippen LogP contribution in [0.25, 0.3) is 0 Å². The number of esters is 1. The zero-order valence-electron chi connectivity index (χ0n) is 23.1. The summed E-state index contributed by atoms with van der Waals surface area (Å²) < 4.78 is 5.39. The second-order valence-corrected chi connectivity index (χ2v) is 10.1. The molecule has 3 nitrogen and oxygen atoms in total. The molecular weight excluding hydrogens is 406 g/mol. The zero-order valence-corrected chi connectivity index (χ0v) is 23.1. The van der Waals surface area contributed by atoms with Gasteiger partial charge in [-0.2, -0.15) is 0 Å². The summed E-state index contributed by atoms with van der Waals surface area (Å²) in [6.07, 6.45) is 34.3. The molecule has 0 radical (unpaired) electrons. The Balaban J connectivity index is 0. The van der Waals surface area contributed by atoms with Crippen molar-refractivity contribution >= 4 is 5.97 Å². The minimum atomic E-state index is 0. The summed E-state index contributed by atoms with van der Waals surface area (Å²) in [6.45, 7) is 5.19. The maximum atomic E-state index is 11.8. The highest BCUT2D eigenvalue weighted by atomic mass is 16.5. The average Bonchev–Trinajstić information content (AvgIpc) is 2.80. The van der Waals surface area contributed by atoms with Crippen LogP contribution < -0.4 is 6.15 Å². The van der Waals surface area contributed by atoms with Gasteiger partial charge >= 0.3 is 5.97 Å². The molecule has 3 N–H and O–H groups in total. The summed E-state index contributed by atoms with van der Waals surface area (Å²) in [5, 5.41) is 0. The number of rotatable bonds is 27. The Morgan fingerprint density at radius 3 is 1.03 bits per heavy atom. The molecule has 0 saturated heterocycles. The molecule has 0 spiro atoms. The van der Waals surface area contributed by atoms with Crippen molar-refractivity contribution in [2.75, 3.05) is 6.61 Å². The summed E-state index contributed by atoms with van der Waals surface area (Å²) in [4.78, 5) is 11.8. The fourth-order valence-corrected chi connectivity index (χ4v) is 4.49. The number of hydrogen-bond donors (Lipinski definition) is 1. The number of ether oxygens (including phenoxy) is 1. The molecule has 0 aromatic rings. The van der Waals surface area contributed by atoms with Crippen LogP contribution in [-0.2, 0) is 9.53 Å².